The van der Waals surface area contributed by atoms with Crippen LogP contribution < -0.4 is 5.48 Å². The van der Waals surface area contributed by atoms with E-state index in [1.54, 1.807) is 0 Å². The maximum Gasteiger partial charge on any atom is 0.269 e. The Morgan fingerprint density at radius 2 is 2.56 bits per heavy atom. The predicted octanol–water partition coefficient (Wildman–Crippen LogP) is -0.122. The zero-order valence-corrected chi connectivity index (χ0v) is 5.13. The maximum absolute atomic E-state index is 10.4. The van der Waals surface area contributed by atoms with Crippen LogP contribution in [0.4, 0.5) is 0 Å². The highest BCUT2D eigenvalue weighted by molar-refractivity contribution is 5.86. The van der Waals surface area contributed by atoms with E-state index in [4.69, 9.17) is 0 Å². The number of nitrogens with one attached hydrogen (secondary N) is 1. The molecule has 0 aromatic carbocycles. The molecular weight excluding hydrogens is 120 g/mol. The molecule has 0 aromatic rings. The number of hydrogen-bond donors (Lipinski definition) is 1. The summed E-state index contributed by atoms with van der Waals surface area (Å²) in [5, 5.41) is 0. The second kappa shape index (κ2) is 4.99. The summed E-state index contributed by atoms with van der Waals surface area (Å²) in [6.07, 6.45) is 2.48. The van der Waals surface area contributed by atoms with Crippen LogP contribution in [-0.2, 0) is 9.63 Å². The van der Waals surface area contributed by atoms with E-state index in [1.807, 2.05) is 0 Å². The summed E-state index contributed by atoms with van der Waals surface area (Å²) < 4.78 is 0. The summed E-state index contributed by atoms with van der Waals surface area (Å²) in [4.78, 5) is 18.0. The van der Waals surface area contributed by atoms with E-state index in [2.05, 4.69) is 22.0 Å². The van der Waals surface area contributed by atoms with Gasteiger partial charge in [0.05, 0.1) is 7.11 Å². The molecule has 0 aliphatic carbocycles. The average molecular weight is 128 g/mol. The van der Waals surface area contributed by atoms with E-state index in [-0.39, 0.29) is 5.91 Å². The van der Waals surface area contributed by atoms with Crippen molar-refractivity contribution in [2.45, 2.75) is 0 Å². The van der Waals surface area contributed by atoms with Crippen LogP contribution in [0.15, 0.2) is 17.3 Å². The van der Waals surface area contributed by atoms with E-state index >= 15 is 0 Å². The van der Waals surface area contributed by atoms with Gasteiger partial charge in [-0.2, -0.15) is 0 Å². The molecule has 4 heteroatoms. The largest absolute Gasteiger partial charge is 0.277 e. The lowest BCUT2D eigenvalue weighted by atomic mass is 10.6. The smallest absolute Gasteiger partial charge is 0.269 e. The van der Waals surface area contributed by atoms with Gasteiger partial charge in [-0.3, -0.25) is 14.6 Å². The molecule has 1 amide bonds. The van der Waals surface area contributed by atoms with E-state index in [1.165, 1.54) is 19.4 Å². The zero-order chi connectivity index (χ0) is 7.11. The third kappa shape index (κ3) is 4.70. The predicted molar refractivity (Wildman–Crippen MR) is 33.8 cm³/mol. The molecule has 50 valence electrons. The molecule has 9 heavy (non-hydrogen) atoms. The van der Waals surface area contributed by atoms with Crippen molar-refractivity contribution in [3.05, 3.63) is 12.3 Å². The van der Waals surface area contributed by atoms with E-state index in [0.29, 0.717) is 0 Å². The molecule has 0 aliphatic heterocycles. The van der Waals surface area contributed by atoms with Crippen LogP contribution in [0.5, 0.6) is 0 Å². The number of hydrogen-bond acceptors (Lipinski definition) is 3. The minimum Gasteiger partial charge on any atom is -0.277 e. The highest BCUT2D eigenvalue weighted by atomic mass is 16.6. The number of carbonyl (C=O) groups is 1. The summed E-state index contributed by atoms with van der Waals surface area (Å²) in [6.45, 7) is 3.14. The van der Waals surface area contributed by atoms with Gasteiger partial charge in [0, 0.05) is 12.3 Å². The molecule has 0 saturated heterocycles. The average Bonchev–Trinajstić information content (AvgIpc) is 1.85. The molecule has 0 rings (SSSR count). The van der Waals surface area contributed by atoms with Crippen molar-refractivity contribution < 1.29 is 9.63 Å². The van der Waals surface area contributed by atoms with Crippen LogP contribution in [0.3, 0.4) is 0 Å². The topological polar surface area (TPSA) is 50.7 Å². The summed E-state index contributed by atoms with van der Waals surface area (Å²) in [5.41, 5.74) is 2.07. The molecule has 0 unspecified atom stereocenters. The van der Waals surface area contributed by atoms with Gasteiger partial charge in [-0.15, -0.1) is 0 Å². The summed E-state index contributed by atoms with van der Waals surface area (Å²) >= 11 is 0. The van der Waals surface area contributed by atoms with Gasteiger partial charge in [-0.1, -0.05) is 0 Å². The molecule has 0 spiro atoms. The Bertz CT molecular complexity index is 131. The van der Waals surface area contributed by atoms with Crippen molar-refractivity contribution in [3.63, 3.8) is 0 Å². The first kappa shape index (κ1) is 7.84. The van der Waals surface area contributed by atoms with Gasteiger partial charge in [0.1, 0.15) is 0 Å². The molecule has 0 saturated carbocycles. The molecule has 0 heterocycles. The van der Waals surface area contributed by atoms with Gasteiger partial charge >= 0.3 is 0 Å². The number of aliphatic imine (C=N–C) groups is 1. The summed E-state index contributed by atoms with van der Waals surface area (Å²) in [6, 6.07) is 0. The van der Waals surface area contributed by atoms with Gasteiger partial charge in [-0.05, 0) is 6.72 Å². The first-order valence-corrected chi connectivity index (χ1v) is 2.26. The van der Waals surface area contributed by atoms with Crippen LogP contribution in [-0.4, -0.2) is 19.7 Å². The number of rotatable bonds is 3. The van der Waals surface area contributed by atoms with Crippen LogP contribution in [0.1, 0.15) is 0 Å². The molecule has 0 atom stereocenters. The molecule has 0 radical (unpaired) electrons. The molecule has 0 aromatic heterocycles. The first-order chi connectivity index (χ1) is 4.31. The minimum atomic E-state index is -0.357. The molecule has 0 aliphatic rings. The lowest BCUT2D eigenvalue weighted by Crippen LogP contribution is -2.18. The number of nitrogens with zero attached hydrogens (tertiary/aromatic N) is 1. The fourth-order valence-corrected chi connectivity index (χ4v) is 0.255. The Morgan fingerprint density at radius 1 is 1.89 bits per heavy atom. The second-order valence-electron chi connectivity index (χ2n) is 1.17. The quantitative estimate of drug-likeness (QED) is 0.327. The van der Waals surface area contributed by atoms with Crippen molar-refractivity contribution in [1.82, 2.24) is 5.48 Å². The molecule has 4 nitrogen and oxygen atoms in total. The molecule has 0 fully saturated rings. The van der Waals surface area contributed by atoms with Gasteiger partial charge in [0.15, 0.2) is 0 Å². The van der Waals surface area contributed by atoms with Crippen LogP contribution in [0.25, 0.3) is 0 Å². The van der Waals surface area contributed by atoms with Gasteiger partial charge in [-0.25, -0.2) is 5.48 Å². The van der Waals surface area contributed by atoms with Crippen molar-refractivity contribution in [1.29, 1.82) is 0 Å². The highest BCUT2D eigenvalue weighted by Gasteiger charge is 1.87. The Labute approximate surface area is 53.2 Å². The van der Waals surface area contributed by atoms with Crippen LogP contribution >= 0.6 is 0 Å². The third-order valence-corrected chi connectivity index (χ3v) is 0.534. The summed E-state index contributed by atoms with van der Waals surface area (Å²) in [7, 11) is 1.35. The molecule has 1 N–H and O–H groups in total. The van der Waals surface area contributed by atoms with Crippen LogP contribution in [0.2, 0.25) is 0 Å². The van der Waals surface area contributed by atoms with Gasteiger partial charge in [0.25, 0.3) is 5.91 Å². The van der Waals surface area contributed by atoms with E-state index < -0.39 is 0 Å². The Morgan fingerprint density at radius 3 is 3.00 bits per heavy atom. The van der Waals surface area contributed by atoms with Gasteiger partial charge < -0.3 is 0 Å². The van der Waals surface area contributed by atoms with Gasteiger partial charge in [0.2, 0.25) is 0 Å². The van der Waals surface area contributed by atoms with Crippen molar-refractivity contribution >= 4 is 12.6 Å². The van der Waals surface area contributed by atoms with E-state index in [9.17, 15) is 4.79 Å². The minimum absolute atomic E-state index is 0.357. The second-order valence-corrected chi connectivity index (χ2v) is 1.17. The zero-order valence-electron chi connectivity index (χ0n) is 5.13. The number of amides is 1. The van der Waals surface area contributed by atoms with Crippen molar-refractivity contribution in [2.24, 2.45) is 4.99 Å². The highest BCUT2D eigenvalue weighted by Crippen LogP contribution is 1.71. The number of hydroxylamine groups is 1. The lowest BCUT2D eigenvalue weighted by molar-refractivity contribution is -0.126. The van der Waals surface area contributed by atoms with E-state index in [0.717, 1.165) is 0 Å². The first-order valence-electron chi connectivity index (χ1n) is 2.26. The SMILES string of the molecule is C=N/C=C\C(=O)NOC. The fraction of sp³-hybridized carbons (Fsp3) is 0.200. The molecule has 0 bridgehead atoms. The number of carbonyl (C=O) groups excluding carboxylic acids is 1. The Kier molecular flexibility index (Phi) is 4.34. The monoisotopic (exact) mass is 128 g/mol. The Hall–Kier alpha value is -1.16. The van der Waals surface area contributed by atoms with Crippen molar-refractivity contribution in [3.8, 4) is 0 Å². The molecular formula is C5H8N2O2. The standard InChI is InChI=1S/C5H8N2O2/c1-6-4-3-5(8)7-9-2/h3-4H,1H2,2H3,(H,7,8)/b4-3-. The normalized spacial score (nSPS) is 9.44. The fourth-order valence-electron chi connectivity index (χ4n) is 0.255. The third-order valence-electron chi connectivity index (χ3n) is 0.534. The lowest BCUT2D eigenvalue weighted by Gasteiger charge is -1.92. The van der Waals surface area contributed by atoms with Crippen LogP contribution in [0, 0.1) is 0 Å². The summed E-state index contributed by atoms with van der Waals surface area (Å²) in [5.74, 6) is -0.357. The van der Waals surface area contributed by atoms with Crippen molar-refractivity contribution in [2.75, 3.05) is 7.11 Å². The maximum atomic E-state index is 10.4. The Balaban J connectivity index is 3.49.